The molecular formula is C14H25N3OS. The number of hydrogen-bond acceptors (Lipinski definition) is 5. The summed E-state index contributed by atoms with van der Waals surface area (Å²) in [6, 6.07) is 0. The van der Waals surface area contributed by atoms with Crippen molar-refractivity contribution in [2.45, 2.75) is 39.3 Å². The van der Waals surface area contributed by atoms with Crippen LogP contribution < -0.4 is 5.32 Å². The van der Waals surface area contributed by atoms with Crippen LogP contribution in [0.3, 0.4) is 0 Å². The Hall–Kier alpha value is -0.490. The number of morpholine rings is 1. The van der Waals surface area contributed by atoms with Gasteiger partial charge >= 0.3 is 0 Å². The summed E-state index contributed by atoms with van der Waals surface area (Å²) in [5, 5.41) is 4.38. The molecule has 1 unspecified atom stereocenters. The standard InChI is InChI=1S/C14H25N3OS/c1-5-17-6-7-18-11(9-17)14-16-13(10(2)3)12(19-14)8-15-4/h10-11,15H,5-9H2,1-4H3. The number of nitrogens with one attached hydrogen (secondary N) is 1. The van der Waals surface area contributed by atoms with Crippen molar-refractivity contribution in [3.05, 3.63) is 15.6 Å². The highest BCUT2D eigenvalue weighted by atomic mass is 32.1. The minimum Gasteiger partial charge on any atom is -0.368 e. The summed E-state index contributed by atoms with van der Waals surface area (Å²) in [6.45, 7) is 11.4. The van der Waals surface area contributed by atoms with Crippen LogP contribution in [0, 0.1) is 0 Å². The second-order valence-corrected chi connectivity index (χ2v) is 6.41. The van der Waals surface area contributed by atoms with Gasteiger partial charge in [0.05, 0.1) is 12.3 Å². The first-order valence-corrected chi connectivity index (χ1v) is 7.95. The number of nitrogens with zero attached hydrogens (tertiary/aromatic N) is 2. The molecule has 19 heavy (non-hydrogen) atoms. The van der Waals surface area contributed by atoms with Crippen LogP contribution in [0.1, 0.15) is 48.4 Å². The molecule has 2 rings (SSSR count). The maximum Gasteiger partial charge on any atom is 0.123 e. The first-order valence-electron chi connectivity index (χ1n) is 7.13. The lowest BCUT2D eigenvalue weighted by molar-refractivity contribution is -0.0283. The monoisotopic (exact) mass is 283 g/mol. The largest absolute Gasteiger partial charge is 0.368 e. The van der Waals surface area contributed by atoms with E-state index in [2.05, 4.69) is 31.0 Å². The van der Waals surface area contributed by atoms with Crippen LogP contribution in [-0.4, -0.2) is 43.2 Å². The summed E-state index contributed by atoms with van der Waals surface area (Å²) in [4.78, 5) is 8.63. The van der Waals surface area contributed by atoms with Crippen LogP contribution in [0.4, 0.5) is 0 Å². The van der Waals surface area contributed by atoms with E-state index in [1.807, 2.05) is 7.05 Å². The van der Waals surface area contributed by atoms with Gasteiger partial charge in [-0.1, -0.05) is 20.8 Å². The van der Waals surface area contributed by atoms with E-state index in [4.69, 9.17) is 9.72 Å². The van der Waals surface area contributed by atoms with Gasteiger partial charge in [0.15, 0.2) is 0 Å². The summed E-state index contributed by atoms with van der Waals surface area (Å²) >= 11 is 1.81. The number of aromatic nitrogens is 1. The van der Waals surface area contributed by atoms with E-state index in [0.29, 0.717) is 5.92 Å². The Balaban J connectivity index is 2.17. The van der Waals surface area contributed by atoms with E-state index >= 15 is 0 Å². The van der Waals surface area contributed by atoms with Gasteiger partial charge in [-0.15, -0.1) is 11.3 Å². The van der Waals surface area contributed by atoms with Crippen LogP contribution in [0.15, 0.2) is 0 Å². The fraction of sp³-hybridized carbons (Fsp3) is 0.786. The predicted molar refractivity (Wildman–Crippen MR) is 79.8 cm³/mol. The van der Waals surface area contributed by atoms with E-state index in [1.54, 1.807) is 11.3 Å². The Kier molecular flexibility index (Phi) is 5.33. The van der Waals surface area contributed by atoms with Crippen LogP contribution in [-0.2, 0) is 11.3 Å². The summed E-state index contributed by atoms with van der Waals surface area (Å²) in [5.74, 6) is 0.471. The zero-order valence-corrected chi connectivity index (χ0v) is 13.2. The molecule has 1 saturated heterocycles. The third kappa shape index (κ3) is 3.54. The molecule has 0 aliphatic carbocycles. The summed E-state index contributed by atoms with van der Waals surface area (Å²) in [6.07, 6.45) is 0.154. The molecule has 1 N–H and O–H groups in total. The highest BCUT2D eigenvalue weighted by Crippen LogP contribution is 2.31. The zero-order chi connectivity index (χ0) is 13.8. The van der Waals surface area contributed by atoms with Gasteiger partial charge in [-0.25, -0.2) is 4.98 Å². The van der Waals surface area contributed by atoms with E-state index in [1.165, 1.54) is 10.6 Å². The van der Waals surface area contributed by atoms with Gasteiger partial charge in [0, 0.05) is 24.5 Å². The molecule has 2 heterocycles. The highest BCUT2D eigenvalue weighted by molar-refractivity contribution is 7.11. The normalized spacial score (nSPS) is 21.2. The van der Waals surface area contributed by atoms with Crippen molar-refractivity contribution in [3.63, 3.8) is 0 Å². The Morgan fingerprint density at radius 3 is 2.95 bits per heavy atom. The van der Waals surface area contributed by atoms with Gasteiger partial charge < -0.3 is 10.1 Å². The third-order valence-electron chi connectivity index (χ3n) is 3.50. The smallest absolute Gasteiger partial charge is 0.123 e. The molecule has 1 aromatic rings. The van der Waals surface area contributed by atoms with Gasteiger partial charge in [0.25, 0.3) is 0 Å². The number of likely N-dealkylation sites (N-methyl/N-ethyl adjacent to an activating group) is 1. The maximum atomic E-state index is 5.91. The Morgan fingerprint density at radius 2 is 2.32 bits per heavy atom. The molecule has 0 saturated carbocycles. The first-order chi connectivity index (χ1) is 9.15. The second-order valence-electron chi connectivity index (χ2n) is 5.30. The summed E-state index contributed by atoms with van der Waals surface area (Å²) in [5.41, 5.74) is 1.23. The van der Waals surface area contributed by atoms with Gasteiger partial charge in [-0.05, 0) is 19.5 Å². The van der Waals surface area contributed by atoms with E-state index in [-0.39, 0.29) is 6.10 Å². The van der Waals surface area contributed by atoms with Crippen molar-refractivity contribution < 1.29 is 4.74 Å². The molecule has 0 bridgehead atoms. The molecule has 5 heteroatoms. The topological polar surface area (TPSA) is 37.4 Å². The molecule has 1 aliphatic heterocycles. The Labute approximate surface area is 120 Å². The Bertz CT molecular complexity index is 405. The minimum atomic E-state index is 0.154. The molecule has 1 aromatic heterocycles. The van der Waals surface area contributed by atoms with Crippen molar-refractivity contribution in [3.8, 4) is 0 Å². The summed E-state index contributed by atoms with van der Waals surface area (Å²) in [7, 11) is 1.99. The first kappa shape index (κ1) is 14.9. The summed E-state index contributed by atoms with van der Waals surface area (Å²) < 4.78 is 5.91. The molecular weight excluding hydrogens is 258 g/mol. The average Bonchev–Trinajstić information content (AvgIpc) is 2.83. The fourth-order valence-corrected chi connectivity index (χ4v) is 3.67. The molecule has 1 fully saturated rings. The van der Waals surface area contributed by atoms with Crippen molar-refractivity contribution in [2.24, 2.45) is 0 Å². The molecule has 4 nitrogen and oxygen atoms in total. The second kappa shape index (κ2) is 6.79. The molecule has 1 atom stereocenters. The van der Waals surface area contributed by atoms with Gasteiger partial charge in [0.1, 0.15) is 11.1 Å². The van der Waals surface area contributed by atoms with Crippen LogP contribution in [0.25, 0.3) is 0 Å². The van der Waals surface area contributed by atoms with E-state index in [0.717, 1.165) is 37.8 Å². The Morgan fingerprint density at radius 1 is 1.53 bits per heavy atom. The average molecular weight is 283 g/mol. The van der Waals surface area contributed by atoms with Gasteiger partial charge in [0.2, 0.25) is 0 Å². The fourth-order valence-electron chi connectivity index (χ4n) is 2.40. The van der Waals surface area contributed by atoms with Crippen LogP contribution in [0.2, 0.25) is 0 Å². The number of ether oxygens (including phenoxy) is 1. The molecule has 1 aliphatic rings. The van der Waals surface area contributed by atoms with Gasteiger partial charge in [-0.2, -0.15) is 0 Å². The molecule has 108 valence electrons. The number of hydrogen-bond donors (Lipinski definition) is 1. The third-order valence-corrected chi connectivity index (χ3v) is 4.66. The lowest BCUT2D eigenvalue weighted by Gasteiger charge is -2.30. The molecule has 0 radical (unpaired) electrons. The van der Waals surface area contributed by atoms with Crippen LogP contribution >= 0.6 is 11.3 Å². The van der Waals surface area contributed by atoms with E-state index in [9.17, 15) is 0 Å². The lowest BCUT2D eigenvalue weighted by Crippen LogP contribution is -2.38. The highest BCUT2D eigenvalue weighted by Gasteiger charge is 2.25. The number of thiazole rings is 1. The maximum absolute atomic E-state index is 5.91. The molecule has 0 aromatic carbocycles. The minimum absolute atomic E-state index is 0.154. The predicted octanol–water partition coefficient (Wildman–Crippen LogP) is 2.38. The molecule has 0 spiro atoms. The van der Waals surface area contributed by atoms with Crippen molar-refractivity contribution in [2.75, 3.05) is 33.3 Å². The lowest BCUT2D eigenvalue weighted by atomic mass is 10.1. The van der Waals surface area contributed by atoms with Gasteiger partial charge in [-0.3, -0.25) is 4.90 Å². The van der Waals surface area contributed by atoms with Crippen LogP contribution in [0.5, 0.6) is 0 Å². The zero-order valence-electron chi connectivity index (χ0n) is 12.4. The van der Waals surface area contributed by atoms with E-state index < -0.39 is 0 Å². The van der Waals surface area contributed by atoms with Crippen molar-refractivity contribution in [1.29, 1.82) is 0 Å². The quantitative estimate of drug-likeness (QED) is 0.900. The molecule has 0 amide bonds. The van der Waals surface area contributed by atoms with Crippen molar-refractivity contribution in [1.82, 2.24) is 15.2 Å². The SMILES string of the molecule is CCN1CCOC(c2nc(C(C)C)c(CNC)s2)C1. The number of rotatable bonds is 5. The van der Waals surface area contributed by atoms with Crippen molar-refractivity contribution >= 4 is 11.3 Å².